The highest BCUT2D eigenvalue weighted by molar-refractivity contribution is 5.95. The molecular formula is C30H29N7O2. The van der Waals surface area contributed by atoms with Gasteiger partial charge in [0.1, 0.15) is 11.5 Å². The van der Waals surface area contributed by atoms with Crippen molar-refractivity contribution < 1.29 is 4.79 Å². The molecule has 0 spiro atoms. The molecule has 3 aromatic heterocycles. The monoisotopic (exact) mass is 519 g/mol. The highest BCUT2D eigenvalue weighted by Gasteiger charge is 2.19. The van der Waals surface area contributed by atoms with Gasteiger partial charge in [0.15, 0.2) is 0 Å². The van der Waals surface area contributed by atoms with Crippen molar-refractivity contribution in [1.29, 1.82) is 5.26 Å². The number of benzene rings is 1. The van der Waals surface area contributed by atoms with Crippen molar-refractivity contribution in [3.05, 3.63) is 105 Å². The van der Waals surface area contributed by atoms with E-state index in [4.69, 9.17) is 4.98 Å². The third-order valence-corrected chi connectivity index (χ3v) is 6.88. The minimum atomic E-state index is -0.420. The highest BCUT2D eigenvalue weighted by atomic mass is 16.2. The second kappa shape index (κ2) is 11.2. The number of aryl methyl sites for hydroxylation is 1. The van der Waals surface area contributed by atoms with E-state index in [0.717, 1.165) is 64.9 Å². The minimum Gasteiger partial charge on any atom is -0.345 e. The predicted octanol–water partition coefficient (Wildman–Crippen LogP) is 4.87. The Balaban J connectivity index is 1.55. The first-order valence-corrected chi connectivity index (χ1v) is 13.0. The normalized spacial score (nSPS) is 17.9. The molecule has 1 aliphatic carbocycles. The Morgan fingerprint density at radius 3 is 2.77 bits per heavy atom. The Kier molecular flexibility index (Phi) is 7.37. The number of pyridine rings is 1. The molecule has 3 heterocycles. The van der Waals surface area contributed by atoms with Crippen molar-refractivity contribution in [2.45, 2.75) is 46.1 Å². The lowest BCUT2D eigenvalue weighted by atomic mass is 9.91. The Morgan fingerprint density at radius 2 is 2.03 bits per heavy atom. The summed E-state index contributed by atoms with van der Waals surface area (Å²) in [6.07, 6.45) is 11.5. The van der Waals surface area contributed by atoms with Crippen LogP contribution in [0.1, 0.15) is 60.5 Å². The molecule has 196 valence electrons. The zero-order valence-corrected chi connectivity index (χ0v) is 21.9. The number of nitrogens with one attached hydrogen (secondary N) is 3. The van der Waals surface area contributed by atoms with Gasteiger partial charge in [0.2, 0.25) is 0 Å². The average Bonchev–Trinajstić information content (AvgIpc) is 3.56. The number of H-pyrrole nitrogens is 2. The summed E-state index contributed by atoms with van der Waals surface area (Å²) in [5.41, 5.74) is 7.65. The molecule has 5 rings (SSSR count). The summed E-state index contributed by atoms with van der Waals surface area (Å²) in [4.78, 5) is 31.6. The van der Waals surface area contributed by atoms with Crippen LogP contribution < -0.4 is 11.0 Å². The zero-order chi connectivity index (χ0) is 27.4. The van der Waals surface area contributed by atoms with Crippen LogP contribution in [0.25, 0.3) is 22.5 Å². The molecule has 1 aliphatic rings. The average molecular weight is 520 g/mol. The third kappa shape index (κ3) is 5.36. The molecular weight excluding hydrogens is 490 g/mol. The molecule has 0 fully saturated rings. The van der Waals surface area contributed by atoms with Gasteiger partial charge in [-0.2, -0.15) is 10.4 Å². The summed E-state index contributed by atoms with van der Waals surface area (Å²) in [5.74, 6) is 0.0589. The standard InChI is InChI=1S/C30H29N7O2/c1-3-25-28(24-11-7-6-10-23(24)22-13-12-20(17-31)9-5-4-8-19(22)2)34-27-16-21(14-15-37(25)27)29(38)32-18-26-33-30(39)36-35-26/h6-8,10-16H,3-5,9,18H2,1-2H3,(H,32,38)(H2,33,35,36,39)/b19-8+,20-12+,22-13+. The van der Waals surface area contributed by atoms with Crippen LogP contribution in [-0.4, -0.2) is 30.5 Å². The van der Waals surface area contributed by atoms with Gasteiger partial charge in [-0.25, -0.2) is 14.9 Å². The molecule has 0 aliphatic heterocycles. The van der Waals surface area contributed by atoms with E-state index in [1.807, 2.05) is 34.9 Å². The maximum absolute atomic E-state index is 12.8. The van der Waals surface area contributed by atoms with Crippen molar-refractivity contribution in [1.82, 2.24) is 29.9 Å². The van der Waals surface area contributed by atoms with E-state index in [1.54, 1.807) is 12.1 Å². The molecule has 0 saturated heterocycles. The van der Waals surface area contributed by atoms with E-state index in [2.05, 4.69) is 58.6 Å². The van der Waals surface area contributed by atoms with Crippen molar-refractivity contribution in [2.75, 3.05) is 0 Å². The van der Waals surface area contributed by atoms with Crippen LogP contribution in [0, 0.1) is 11.3 Å². The predicted molar refractivity (Wildman–Crippen MR) is 150 cm³/mol. The van der Waals surface area contributed by atoms with Gasteiger partial charge in [0.05, 0.1) is 24.0 Å². The lowest BCUT2D eigenvalue weighted by Crippen LogP contribution is -2.23. The third-order valence-electron chi connectivity index (χ3n) is 6.88. The van der Waals surface area contributed by atoms with Crippen LogP contribution in [-0.2, 0) is 13.0 Å². The Hall–Kier alpha value is -4.97. The van der Waals surface area contributed by atoms with Gasteiger partial charge in [-0.15, -0.1) is 0 Å². The molecule has 0 saturated carbocycles. The van der Waals surface area contributed by atoms with Gasteiger partial charge < -0.3 is 9.72 Å². The summed E-state index contributed by atoms with van der Waals surface area (Å²) in [7, 11) is 0. The van der Waals surface area contributed by atoms with Crippen molar-refractivity contribution in [2.24, 2.45) is 0 Å². The first-order chi connectivity index (χ1) is 19.0. The topological polar surface area (TPSA) is 132 Å². The van der Waals surface area contributed by atoms with Gasteiger partial charge >= 0.3 is 5.69 Å². The first kappa shape index (κ1) is 25.7. The van der Waals surface area contributed by atoms with E-state index in [1.165, 1.54) is 0 Å². The lowest BCUT2D eigenvalue weighted by Gasteiger charge is -2.14. The number of nitrogens with zero attached hydrogens (tertiary/aromatic N) is 4. The fourth-order valence-corrected chi connectivity index (χ4v) is 4.88. The fourth-order valence-electron chi connectivity index (χ4n) is 4.88. The van der Waals surface area contributed by atoms with E-state index in [9.17, 15) is 14.9 Å². The van der Waals surface area contributed by atoms with Crippen LogP contribution >= 0.6 is 0 Å². The maximum Gasteiger partial charge on any atom is 0.340 e. The van der Waals surface area contributed by atoms with Crippen molar-refractivity contribution in [3.8, 4) is 17.3 Å². The number of allylic oxidation sites excluding steroid dienone is 6. The van der Waals surface area contributed by atoms with Crippen molar-refractivity contribution >= 4 is 17.1 Å². The van der Waals surface area contributed by atoms with E-state index < -0.39 is 5.69 Å². The molecule has 0 radical (unpaired) electrons. The number of fused-ring (bicyclic) bond motifs is 1. The molecule has 9 nitrogen and oxygen atoms in total. The molecule has 1 amide bonds. The Labute approximate surface area is 225 Å². The van der Waals surface area contributed by atoms with Gasteiger partial charge in [0, 0.05) is 22.9 Å². The summed E-state index contributed by atoms with van der Waals surface area (Å²) in [6, 6.07) is 14.0. The van der Waals surface area contributed by atoms with Gasteiger partial charge in [0.25, 0.3) is 5.91 Å². The van der Waals surface area contributed by atoms with Crippen LogP contribution in [0.3, 0.4) is 0 Å². The number of amides is 1. The Bertz CT molecular complexity index is 1740. The van der Waals surface area contributed by atoms with Gasteiger partial charge in [-0.05, 0) is 67.5 Å². The second-order valence-corrected chi connectivity index (χ2v) is 9.42. The molecule has 0 atom stereocenters. The summed E-state index contributed by atoms with van der Waals surface area (Å²) >= 11 is 0. The molecule has 0 unspecified atom stereocenters. The van der Waals surface area contributed by atoms with E-state index in [-0.39, 0.29) is 12.5 Å². The summed E-state index contributed by atoms with van der Waals surface area (Å²) < 4.78 is 2.02. The van der Waals surface area contributed by atoms with Crippen LogP contribution in [0.4, 0.5) is 0 Å². The van der Waals surface area contributed by atoms with Crippen LogP contribution in [0.5, 0.6) is 0 Å². The number of imidazole rings is 1. The number of hydrogen-bond donors (Lipinski definition) is 3. The molecule has 0 bridgehead atoms. The molecule has 9 heteroatoms. The first-order valence-electron chi connectivity index (χ1n) is 13.0. The zero-order valence-electron chi connectivity index (χ0n) is 21.9. The van der Waals surface area contributed by atoms with Crippen molar-refractivity contribution in [3.63, 3.8) is 0 Å². The molecule has 4 aromatic rings. The Morgan fingerprint density at radius 1 is 1.21 bits per heavy atom. The molecule has 1 aromatic carbocycles. The number of rotatable bonds is 6. The van der Waals surface area contributed by atoms with E-state index >= 15 is 0 Å². The van der Waals surface area contributed by atoms with Crippen LogP contribution in [0.2, 0.25) is 0 Å². The summed E-state index contributed by atoms with van der Waals surface area (Å²) in [5, 5.41) is 18.4. The number of aromatic amines is 2. The second-order valence-electron chi connectivity index (χ2n) is 9.42. The maximum atomic E-state index is 12.8. The lowest BCUT2D eigenvalue weighted by molar-refractivity contribution is 0.0950. The number of hydrogen-bond acceptors (Lipinski definition) is 5. The quantitative estimate of drug-likeness (QED) is 0.334. The van der Waals surface area contributed by atoms with Crippen LogP contribution in [0.15, 0.2) is 76.8 Å². The number of nitriles is 1. The molecule has 3 N–H and O–H groups in total. The number of carbonyl (C=O) groups is 1. The number of carbonyl (C=O) groups excluding carboxylic acids is 1. The largest absolute Gasteiger partial charge is 0.345 e. The SMILES string of the molecule is CCc1c(-c2ccccc2C2=C/C=C(/C#N)CCC\C=C\2C)nc2cc(C(=O)NCc3n[nH]c(=O)[nH]3)ccn12. The number of aromatic nitrogens is 5. The minimum absolute atomic E-state index is 0.0972. The summed E-state index contributed by atoms with van der Waals surface area (Å²) in [6.45, 7) is 4.30. The smallest absolute Gasteiger partial charge is 0.340 e. The van der Waals surface area contributed by atoms with E-state index in [0.29, 0.717) is 17.0 Å². The molecule has 39 heavy (non-hydrogen) atoms. The fraction of sp³-hybridized carbons (Fsp3) is 0.233. The van der Waals surface area contributed by atoms with Gasteiger partial charge in [-0.1, -0.05) is 43.3 Å². The van der Waals surface area contributed by atoms with Gasteiger partial charge in [-0.3, -0.25) is 9.78 Å². The highest BCUT2D eigenvalue weighted by Crippen LogP contribution is 2.35.